The lowest BCUT2D eigenvalue weighted by Gasteiger charge is -2.08. The molecule has 0 amide bonds. The van der Waals surface area contributed by atoms with Gasteiger partial charge in [0, 0.05) is 9.92 Å². The number of furan rings is 1. The highest BCUT2D eigenvalue weighted by atomic mass is 35.5. The lowest BCUT2D eigenvalue weighted by atomic mass is 10.2. The molecule has 6 nitrogen and oxygen atoms in total. The molecule has 0 aliphatic rings. The van der Waals surface area contributed by atoms with Crippen molar-refractivity contribution in [3.05, 3.63) is 81.9 Å². The summed E-state index contributed by atoms with van der Waals surface area (Å²) in [4.78, 5) is 17.9. The van der Waals surface area contributed by atoms with Gasteiger partial charge >= 0.3 is 5.69 Å². The van der Waals surface area contributed by atoms with Crippen molar-refractivity contribution in [3.63, 3.8) is 0 Å². The molecule has 0 unspecified atom stereocenters. The fourth-order valence-corrected chi connectivity index (χ4v) is 3.73. The third-order valence-corrected chi connectivity index (χ3v) is 5.19. The van der Waals surface area contributed by atoms with Gasteiger partial charge in [0.1, 0.15) is 18.1 Å². The zero-order valence-corrected chi connectivity index (χ0v) is 16.0. The highest BCUT2D eigenvalue weighted by Gasteiger charge is 2.17. The molecule has 0 bridgehead atoms. The molecule has 4 rings (SSSR count). The number of aromatic amines is 2. The van der Waals surface area contributed by atoms with E-state index in [1.54, 1.807) is 6.07 Å². The molecule has 2 heterocycles. The number of hydrogen-bond donors (Lipinski definition) is 3. The van der Waals surface area contributed by atoms with Gasteiger partial charge in [0.2, 0.25) is 5.88 Å². The van der Waals surface area contributed by atoms with Gasteiger partial charge in [0.25, 0.3) is 0 Å². The Bertz CT molecular complexity index is 1150. The van der Waals surface area contributed by atoms with Gasteiger partial charge in [-0.2, -0.15) is 0 Å². The summed E-state index contributed by atoms with van der Waals surface area (Å²) in [6.45, 7) is 0.430. The van der Waals surface area contributed by atoms with Crippen LogP contribution in [0.4, 0.5) is 0 Å². The fraction of sp³-hybridized carbons (Fsp3) is 0.0500. The number of ether oxygens (including phenoxy) is 1. The number of imidazole rings is 1. The SMILES string of the molecule is O=c1[nH]c(O)c(-c2occc2Sc2ccc(OCc3cccc(Cl)c3)cc2)[nH]1. The zero-order chi connectivity index (χ0) is 19.5. The molecule has 0 fully saturated rings. The van der Waals surface area contributed by atoms with Gasteiger partial charge in [0.05, 0.1) is 11.2 Å². The minimum absolute atomic E-state index is 0.221. The average Bonchev–Trinajstić information content (AvgIpc) is 3.26. The molecule has 2 aromatic heterocycles. The predicted molar refractivity (Wildman–Crippen MR) is 107 cm³/mol. The molecule has 142 valence electrons. The van der Waals surface area contributed by atoms with E-state index < -0.39 is 5.69 Å². The number of aromatic nitrogens is 2. The fourth-order valence-electron chi connectivity index (χ4n) is 2.62. The first-order valence-corrected chi connectivity index (χ1v) is 9.52. The molecule has 0 atom stereocenters. The zero-order valence-electron chi connectivity index (χ0n) is 14.4. The second-order valence-electron chi connectivity index (χ2n) is 5.91. The van der Waals surface area contributed by atoms with Crippen LogP contribution in [0.5, 0.6) is 11.6 Å². The Kier molecular flexibility index (Phi) is 5.18. The smallest absolute Gasteiger partial charge is 0.326 e. The van der Waals surface area contributed by atoms with Gasteiger partial charge in [-0.3, -0.25) is 9.97 Å². The lowest BCUT2D eigenvalue weighted by Crippen LogP contribution is -2.00. The van der Waals surface area contributed by atoms with Gasteiger partial charge in [0.15, 0.2) is 5.76 Å². The normalized spacial score (nSPS) is 10.9. The molecular formula is C20H15ClN2O4S. The van der Waals surface area contributed by atoms with E-state index in [-0.39, 0.29) is 11.6 Å². The number of H-pyrrole nitrogens is 2. The second kappa shape index (κ2) is 7.92. The van der Waals surface area contributed by atoms with E-state index in [2.05, 4.69) is 9.97 Å². The van der Waals surface area contributed by atoms with E-state index in [0.29, 0.717) is 17.4 Å². The van der Waals surface area contributed by atoms with E-state index in [1.807, 2.05) is 48.5 Å². The van der Waals surface area contributed by atoms with E-state index in [0.717, 1.165) is 21.1 Å². The maximum absolute atomic E-state index is 11.4. The summed E-state index contributed by atoms with van der Waals surface area (Å²) in [5.41, 5.74) is 0.717. The number of benzene rings is 2. The molecule has 0 aliphatic heterocycles. The molecule has 3 N–H and O–H groups in total. The van der Waals surface area contributed by atoms with E-state index in [9.17, 15) is 9.90 Å². The highest BCUT2D eigenvalue weighted by molar-refractivity contribution is 7.99. The number of nitrogens with one attached hydrogen (secondary N) is 2. The van der Waals surface area contributed by atoms with Crippen LogP contribution in [0.1, 0.15) is 5.56 Å². The van der Waals surface area contributed by atoms with Crippen molar-refractivity contribution in [2.24, 2.45) is 0 Å². The number of rotatable bonds is 6. The van der Waals surface area contributed by atoms with E-state index >= 15 is 0 Å². The van der Waals surface area contributed by atoms with Crippen LogP contribution in [0.3, 0.4) is 0 Å². The largest absolute Gasteiger partial charge is 0.493 e. The maximum Gasteiger partial charge on any atom is 0.326 e. The molecule has 0 aliphatic carbocycles. The molecule has 4 aromatic rings. The summed E-state index contributed by atoms with van der Waals surface area (Å²) < 4.78 is 11.2. The van der Waals surface area contributed by atoms with Crippen molar-refractivity contribution < 1.29 is 14.3 Å². The predicted octanol–water partition coefficient (Wildman–Crippen LogP) is 5.05. The van der Waals surface area contributed by atoms with Gasteiger partial charge in [-0.1, -0.05) is 35.5 Å². The summed E-state index contributed by atoms with van der Waals surface area (Å²) in [6, 6.07) is 16.9. The second-order valence-corrected chi connectivity index (χ2v) is 7.46. The molecule has 0 radical (unpaired) electrons. The summed E-state index contributed by atoms with van der Waals surface area (Å²) in [7, 11) is 0. The lowest BCUT2D eigenvalue weighted by molar-refractivity contribution is 0.306. The molecule has 8 heteroatoms. The standard InChI is InChI=1S/C20H15ClN2O4S/c21-13-3-1-2-12(10-13)11-27-14-4-6-15(7-5-14)28-16-8-9-26-18(16)17-19(24)23-20(25)22-17/h1-10,24H,11H2,(H2,22,23,25). The minimum atomic E-state index is -0.499. The quantitative estimate of drug-likeness (QED) is 0.410. The first-order valence-electron chi connectivity index (χ1n) is 8.33. The molecule has 0 saturated heterocycles. The monoisotopic (exact) mass is 414 g/mol. The van der Waals surface area contributed by atoms with Gasteiger partial charge in [-0.25, -0.2) is 4.79 Å². The molecule has 0 spiro atoms. The molecule has 0 saturated carbocycles. The number of halogens is 1. The Morgan fingerprint density at radius 3 is 2.64 bits per heavy atom. The average molecular weight is 415 g/mol. The van der Waals surface area contributed by atoms with Crippen LogP contribution < -0.4 is 10.4 Å². The van der Waals surface area contributed by atoms with Crippen molar-refractivity contribution in [1.82, 2.24) is 9.97 Å². The molecule has 28 heavy (non-hydrogen) atoms. The first kappa shape index (κ1) is 18.3. The topological polar surface area (TPSA) is 91.2 Å². The van der Waals surface area contributed by atoms with Gasteiger partial charge in [-0.15, -0.1) is 0 Å². The van der Waals surface area contributed by atoms with Crippen molar-refractivity contribution in [3.8, 4) is 23.1 Å². The van der Waals surface area contributed by atoms with E-state index in [4.69, 9.17) is 20.8 Å². The highest BCUT2D eigenvalue weighted by Crippen LogP contribution is 2.38. The summed E-state index contributed by atoms with van der Waals surface area (Å²) >= 11 is 7.43. The van der Waals surface area contributed by atoms with Crippen LogP contribution in [-0.4, -0.2) is 15.1 Å². The van der Waals surface area contributed by atoms with Crippen LogP contribution in [0.2, 0.25) is 5.02 Å². The van der Waals surface area contributed by atoms with Gasteiger partial charge in [-0.05, 0) is 48.0 Å². The van der Waals surface area contributed by atoms with Crippen molar-refractivity contribution in [2.45, 2.75) is 16.4 Å². The Morgan fingerprint density at radius 1 is 1.11 bits per heavy atom. The third-order valence-electron chi connectivity index (χ3n) is 3.91. The van der Waals surface area contributed by atoms with Crippen molar-refractivity contribution >= 4 is 23.4 Å². The van der Waals surface area contributed by atoms with Crippen LogP contribution in [0.25, 0.3) is 11.5 Å². The van der Waals surface area contributed by atoms with Crippen LogP contribution in [0.15, 0.2) is 79.9 Å². The number of aromatic hydroxyl groups is 1. The molecule has 2 aromatic carbocycles. The molecular weight excluding hydrogens is 400 g/mol. The van der Waals surface area contributed by atoms with Crippen LogP contribution >= 0.6 is 23.4 Å². The minimum Gasteiger partial charge on any atom is -0.493 e. The van der Waals surface area contributed by atoms with Gasteiger partial charge < -0.3 is 14.3 Å². The Balaban J connectivity index is 1.45. The Morgan fingerprint density at radius 2 is 1.93 bits per heavy atom. The van der Waals surface area contributed by atoms with Crippen molar-refractivity contribution in [1.29, 1.82) is 0 Å². The van der Waals surface area contributed by atoms with Crippen LogP contribution in [-0.2, 0) is 6.61 Å². The summed E-state index contributed by atoms with van der Waals surface area (Å²) in [5, 5.41) is 10.5. The third kappa shape index (κ3) is 4.11. The van der Waals surface area contributed by atoms with Crippen molar-refractivity contribution in [2.75, 3.05) is 0 Å². The Labute approximate surface area is 169 Å². The number of hydrogen-bond acceptors (Lipinski definition) is 5. The summed E-state index contributed by atoms with van der Waals surface area (Å²) in [6.07, 6.45) is 1.50. The van der Waals surface area contributed by atoms with E-state index in [1.165, 1.54) is 18.0 Å². The maximum atomic E-state index is 11.4. The van der Waals surface area contributed by atoms with Crippen LogP contribution in [0, 0.1) is 0 Å². The Hall–Kier alpha value is -3.03. The summed E-state index contributed by atoms with van der Waals surface area (Å²) in [5.74, 6) is 0.873. The first-order chi connectivity index (χ1) is 13.6.